The van der Waals surface area contributed by atoms with Crippen LogP contribution in [0.4, 0.5) is 0 Å². The molecule has 22 heavy (non-hydrogen) atoms. The molecule has 0 spiro atoms. The summed E-state index contributed by atoms with van der Waals surface area (Å²) < 4.78 is 0. The van der Waals surface area contributed by atoms with Crippen LogP contribution in [0, 0.1) is 13.8 Å². The van der Waals surface area contributed by atoms with Crippen molar-refractivity contribution >= 4 is 22.8 Å². The number of aliphatic carboxylic acids is 1. The Morgan fingerprint density at radius 2 is 2.00 bits per heavy atom. The van der Waals surface area contributed by atoms with Crippen LogP contribution in [0.3, 0.4) is 0 Å². The van der Waals surface area contributed by atoms with Crippen LogP contribution >= 0.6 is 0 Å². The van der Waals surface area contributed by atoms with Crippen LogP contribution < -0.4 is 5.32 Å². The van der Waals surface area contributed by atoms with Crippen molar-refractivity contribution in [2.24, 2.45) is 0 Å². The first-order valence-corrected chi connectivity index (χ1v) is 7.53. The quantitative estimate of drug-likeness (QED) is 0.812. The van der Waals surface area contributed by atoms with Crippen molar-refractivity contribution < 1.29 is 14.7 Å². The van der Waals surface area contributed by atoms with E-state index in [0.29, 0.717) is 5.69 Å². The number of amides is 1. The Kier molecular flexibility index (Phi) is 3.43. The molecular formula is C17H20N2O3. The SMILES string of the molecule is Cc1cc(C)c2cc(C(=O)NC3(CC(=O)O)CCC3)[nH]c2c1. The van der Waals surface area contributed by atoms with Gasteiger partial charge in [0.15, 0.2) is 0 Å². The van der Waals surface area contributed by atoms with E-state index in [-0.39, 0.29) is 12.3 Å². The van der Waals surface area contributed by atoms with E-state index in [2.05, 4.69) is 16.4 Å². The van der Waals surface area contributed by atoms with Crippen molar-refractivity contribution in [2.45, 2.75) is 45.1 Å². The molecule has 1 aliphatic rings. The number of carboxylic acids is 1. The highest BCUT2D eigenvalue weighted by Crippen LogP contribution is 2.35. The van der Waals surface area contributed by atoms with E-state index in [4.69, 9.17) is 5.11 Å². The number of aryl methyl sites for hydroxylation is 2. The Hall–Kier alpha value is -2.30. The van der Waals surface area contributed by atoms with Gasteiger partial charge in [-0.2, -0.15) is 0 Å². The smallest absolute Gasteiger partial charge is 0.305 e. The number of carbonyl (C=O) groups is 2. The fourth-order valence-corrected chi connectivity index (χ4v) is 3.27. The molecular weight excluding hydrogens is 280 g/mol. The number of aromatic amines is 1. The van der Waals surface area contributed by atoms with Crippen molar-refractivity contribution in [3.05, 3.63) is 35.0 Å². The van der Waals surface area contributed by atoms with Gasteiger partial charge in [0.2, 0.25) is 0 Å². The lowest BCUT2D eigenvalue weighted by atomic mass is 9.74. The second-order valence-electron chi connectivity index (χ2n) is 6.38. The van der Waals surface area contributed by atoms with Crippen LogP contribution in [0.2, 0.25) is 0 Å². The van der Waals surface area contributed by atoms with Crippen molar-refractivity contribution in [3.8, 4) is 0 Å². The Labute approximate surface area is 128 Å². The maximum atomic E-state index is 12.5. The number of carboxylic acid groups (broad SMARTS) is 1. The summed E-state index contributed by atoms with van der Waals surface area (Å²) in [7, 11) is 0. The molecule has 3 N–H and O–H groups in total. The maximum Gasteiger partial charge on any atom is 0.305 e. The van der Waals surface area contributed by atoms with Gasteiger partial charge < -0.3 is 15.4 Å². The third-order valence-electron chi connectivity index (χ3n) is 4.51. The summed E-state index contributed by atoms with van der Waals surface area (Å²) in [5, 5.41) is 13.0. The second-order valence-corrected chi connectivity index (χ2v) is 6.38. The Morgan fingerprint density at radius 1 is 1.27 bits per heavy atom. The molecule has 5 nitrogen and oxygen atoms in total. The van der Waals surface area contributed by atoms with Crippen molar-refractivity contribution in [3.63, 3.8) is 0 Å². The molecule has 0 radical (unpaired) electrons. The van der Waals surface area contributed by atoms with Crippen LogP contribution in [-0.2, 0) is 4.79 Å². The molecule has 0 unspecified atom stereocenters. The summed E-state index contributed by atoms with van der Waals surface area (Å²) in [5.74, 6) is -1.10. The average molecular weight is 300 g/mol. The summed E-state index contributed by atoms with van der Waals surface area (Å²) in [5.41, 5.74) is 3.10. The second kappa shape index (κ2) is 5.16. The zero-order valence-electron chi connectivity index (χ0n) is 12.8. The topological polar surface area (TPSA) is 82.2 Å². The fourth-order valence-electron chi connectivity index (χ4n) is 3.27. The van der Waals surface area contributed by atoms with E-state index in [0.717, 1.165) is 41.3 Å². The summed E-state index contributed by atoms with van der Waals surface area (Å²) >= 11 is 0. The van der Waals surface area contributed by atoms with E-state index in [1.165, 1.54) is 0 Å². The Morgan fingerprint density at radius 3 is 2.59 bits per heavy atom. The van der Waals surface area contributed by atoms with E-state index in [1.54, 1.807) is 0 Å². The summed E-state index contributed by atoms with van der Waals surface area (Å²) in [4.78, 5) is 26.6. The van der Waals surface area contributed by atoms with Gasteiger partial charge in [-0.1, -0.05) is 6.07 Å². The number of aromatic nitrogens is 1. The Bertz CT molecular complexity index is 757. The third-order valence-corrected chi connectivity index (χ3v) is 4.51. The largest absolute Gasteiger partial charge is 0.481 e. The molecule has 5 heteroatoms. The minimum Gasteiger partial charge on any atom is -0.481 e. The van der Waals surface area contributed by atoms with E-state index >= 15 is 0 Å². The van der Waals surface area contributed by atoms with Gasteiger partial charge in [0, 0.05) is 10.9 Å². The number of H-pyrrole nitrogens is 1. The van der Waals surface area contributed by atoms with E-state index < -0.39 is 11.5 Å². The third kappa shape index (κ3) is 2.58. The predicted molar refractivity (Wildman–Crippen MR) is 84.1 cm³/mol. The van der Waals surface area contributed by atoms with Crippen LogP contribution in [0.15, 0.2) is 18.2 Å². The maximum absolute atomic E-state index is 12.5. The highest BCUT2D eigenvalue weighted by Gasteiger charge is 2.40. The lowest BCUT2D eigenvalue weighted by Gasteiger charge is -2.41. The molecule has 0 bridgehead atoms. The molecule has 116 valence electrons. The molecule has 0 atom stereocenters. The first-order valence-electron chi connectivity index (χ1n) is 7.53. The average Bonchev–Trinajstić information content (AvgIpc) is 2.79. The van der Waals surface area contributed by atoms with Crippen molar-refractivity contribution in [1.82, 2.24) is 10.3 Å². The molecule has 1 amide bonds. The first-order chi connectivity index (χ1) is 10.4. The Balaban J connectivity index is 1.86. The summed E-state index contributed by atoms with van der Waals surface area (Å²) in [6.07, 6.45) is 2.39. The lowest BCUT2D eigenvalue weighted by Crippen LogP contribution is -2.54. The van der Waals surface area contributed by atoms with Gasteiger partial charge in [-0.05, 0) is 56.4 Å². The van der Waals surface area contributed by atoms with Crippen molar-refractivity contribution in [1.29, 1.82) is 0 Å². The minimum absolute atomic E-state index is 0.0168. The van der Waals surface area contributed by atoms with Gasteiger partial charge in [-0.3, -0.25) is 9.59 Å². The zero-order chi connectivity index (χ0) is 15.9. The van der Waals surface area contributed by atoms with Crippen LogP contribution in [-0.4, -0.2) is 27.5 Å². The highest BCUT2D eigenvalue weighted by molar-refractivity contribution is 5.99. The molecule has 1 fully saturated rings. The molecule has 3 rings (SSSR count). The normalized spacial score (nSPS) is 16.3. The van der Waals surface area contributed by atoms with Crippen LogP contribution in [0.5, 0.6) is 0 Å². The van der Waals surface area contributed by atoms with Gasteiger partial charge in [0.25, 0.3) is 5.91 Å². The zero-order valence-corrected chi connectivity index (χ0v) is 12.8. The van der Waals surface area contributed by atoms with Gasteiger partial charge in [0.1, 0.15) is 5.69 Å². The monoisotopic (exact) mass is 300 g/mol. The van der Waals surface area contributed by atoms with Crippen LogP contribution in [0.1, 0.15) is 47.3 Å². The summed E-state index contributed by atoms with van der Waals surface area (Å²) in [6, 6.07) is 5.93. The molecule has 1 heterocycles. The molecule has 1 aromatic heterocycles. The molecule has 1 aromatic carbocycles. The molecule has 0 aliphatic heterocycles. The lowest BCUT2D eigenvalue weighted by molar-refractivity contribution is -0.139. The molecule has 2 aromatic rings. The number of rotatable bonds is 4. The minimum atomic E-state index is -0.872. The number of nitrogens with one attached hydrogen (secondary N) is 2. The highest BCUT2D eigenvalue weighted by atomic mass is 16.4. The van der Waals surface area contributed by atoms with Crippen molar-refractivity contribution in [2.75, 3.05) is 0 Å². The fraction of sp³-hybridized carbons (Fsp3) is 0.412. The number of fused-ring (bicyclic) bond motifs is 1. The molecule has 0 saturated heterocycles. The number of carbonyl (C=O) groups excluding carboxylic acids is 1. The van der Waals surface area contributed by atoms with Gasteiger partial charge >= 0.3 is 5.97 Å². The predicted octanol–water partition coefficient (Wildman–Crippen LogP) is 2.91. The molecule has 1 saturated carbocycles. The van der Waals surface area contributed by atoms with Gasteiger partial charge in [0.05, 0.1) is 12.0 Å². The van der Waals surface area contributed by atoms with Crippen LogP contribution in [0.25, 0.3) is 10.9 Å². The summed E-state index contributed by atoms with van der Waals surface area (Å²) in [6.45, 7) is 4.03. The molecule has 1 aliphatic carbocycles. The van der Waals surface area contributed by atoms with E-state index in [9.17, 15) is 9.59 Å². The standard InChI is InChI=1S/C17H20N2O3/c1-10-6-11(2)12-8-14(18-13(12)7-10)16(22)19-17(4-3-5-17)9-15(20)21/h6-8,18H,3-5,9H2,1-2H3,(H,19,22)(H,20,21). The van der Waals surface area contributed by atoms with Gasteiger partial charge in [-0.15, -0.1) is 0 Å². The number of benzene rings is 1. The number of hydrogen-bond donors (Lipinski definition) is 3. The number of hydrogen-bond acceptors (Lipinski definition) is 2. The first kappa shape index (κ1) is 14.6. The van der Waals surface area contributed by atoms with E-state index in [1.807, 2.05) is 26.0 Å². The van der Waals surface area contributed by atoms with Gasteiger partial charge in [-0.25, -0.2) is 0 Å².